The molecule has 1 N–H and O–H groups in total. The maximum absolute atomic E-state index is 13.5. The monoisotopic (exact) mass is 467 g/mol. The zero-order valence-corrected chi connectivity index (χ0v) is 18.8. The summed E-state index contributed by atoms with van der Waals surface area (Å²) in [5.74, 6) is -2.01. The maximum atomic E-state index is 13.5. The average molecular weight is 468 g/mol. The summed E-state index contributed by atoms with van der Waals surface area (Å²) in [6.45, 7) is 2.03. The van der Waals surface area contributed by atoms with Gasteiger partial charge in [0.15, 0.2) is 6.04 Å². The number of aliphatic carboxylic acids is 1. The summed E-state index contributed by atoms with van der Waals surface area (Å²) in [5.41, 5.74) is 4.45. The molecule has 0 aromatic heterocycles. The number of fused-ring (bicyclic) bond motifs is 3. The normalized spacial score (nSPS) is 13.2. The van der Waals surface area contributed by atoms with E-state index in [9.17, 15) is 19.1 Å². The molecule has 0 fully saturated rings. The second-order valence-electron chi connectivity index (χ2n) is 7.90. The molecule has 7 heteroatoms. The molecule has 0 aliphatic heterocycles. The highest BCUT2D eigenvalue weighted by molar-refractivity contribution is 6.31. The van der Waals surface area contributed by atoms with Crippen molar-refractivity contribution in [1.29, 1.82) is 0 Å². The van der Waals surface area contributed by atoms with Gasteiger partial charge in [-0.15, -0.1) is 0 Å². The Morgan fingerprint density at radius 2 is 1.67 bits per heavy atom. The van der Waals surface area contributed by atoms with Gasteiger partial charge in [0, 0.05) is 23.0 Å². The van der Waals surface area contributed by atoms with Crippen LogP contribution in [-0.4, -0.2) is 35.2 Å². The van der Waals surface area contributed by atoms with Gasteiger partial charge in [-0.05, 0) is 40.8 Å². The van der Waals surface area contributed by atoms with Gasteiger partial charge in [0.05, 0.1) is 0 Å². The van der Waals surface area contributed by atoms with Crippen molar-refractivity contribution in [3.63, 3.8) is 0 Å². The van der Waals surface area contributed by atoms with Gasteiger partial charge in [-0.2, -0.15) is 0 Å². The predicted octanol–water partition coefficient (Wildman–Crippen LogP) is 6.27. The SMILES string of the molecule is CCCN(C(=O)OCC1c2ccccc2-c2ccccc21)C(C(=O)O)c1ccc(F)cc1Cl. The molecule has 5 nitrogen and oxygen atoms in total. The Morgan fingerprint density at radius 1 is 1.06 bits per heavy atom. The van der Waals surface area contributed by atoms with Gasteiger partial charge < -0.3 is 9.84 Å². The van der Waals surface area contributed by atoms with E-state index in [0.29, 0.717) is 6.42 Å². The smallest absolute Gasteiger partial charge is 0.410 e. The number of carbonyl (C=O) groups excluding carboxylic acids is 1. The van der Waals surface area contributed by atoms with Crippen LogP contribution >= 0.6 is 11.6 Å². The highest BCUT2D eigenvalue weighted by atomic mass is 35.5. The molecule has 3 aromatic carbocycles. The number of halogens is 2. The number of amides is 1. The molecule has 1 aliphatic rings. The van der Waals surface area contributed by atoms with E-state index in [4.69, 9.17) is 16.3 Å². The van der Waals surface area contributed by atoms with Crippen LogP contribution in [0.3, 0.4) is 0 Å². The molecule has 1 unspecified atom stereocenters. The van der Waals surface area contributed by atoms with Gasteiger partial charge in [0.25, 0.3) is 0 Å². The number of benzene rings is 3. The van der Waals surface area contributed by atoms with Crippen molar-refractivity contribution in [2.24, 2.45) is 0 Å². The molecule has 0 radical (unpaired) electrons. The molecule has 0 heterocycles. The Morgan fingerprint density at radius 3 is 2.21 bits per heavy atom. The van der Waals surface area contributed by atoms with E-state index in [-0.39, 0.29) is 29.7 Å². The number of hydrogen-bond acceptors (Lipinski definition) is 3. The third kappa shape index (κ3) is 4.44. The van der Waals surface area contributed by atoms with Crippen LogP contribution in [0.5, 0.6) is 0 Å². The highest BCUT2D eigenvalue weighted by Gasteiger charge is 2.35. The molecule has 0 saturated heterocycles. The van der Waals surface area contributed by atoms with Crippen LogP contribution in [0.4, 0.5) is 9.18 Å². The van der Waals surface area contributed by atoms with Gasteiger partial charge in [-0.3, -0.25) is 4.90 Å². The van der Waals surface area contributed by atoms with E-state index in [1.807, 2.05) is 55.5 Å². The first kappa shape index (κ1) is 22.8. The molecule has 33 heavy (non-hydrogen) atoms. The third-order valence-corrected chi connectivity index (χ3v) is 6.17. The zero-order valence-electron chi connectivity index (χ0n) is 18.0. The van der Waals surface area contributed by atoms with Crippen molar-refractivity contribution in [2.45, 2.75) is 25.3 Å². The first-order valence-electron chi connectivity index (χ1n) is 10.7. The van der Waals surface area contributed by atoms with Gasteiger partial charge >= 0.3 is 12.1 Å². The van der Waals surface area contributed by atoms with Crippen molar-refractivity contribution in [1.82, 2.24) is 4.90 Å². The standard InChI is InChI=1S/C26H23ClFNO4/c1-2-13-29(24(25(30)31)21-12-11-16(28)14-23(21)27)26(32)33-15-22-19-9-5-3-7-17(19)18-8-4-6-10-20(18)22/h3-12,14,22,24H,2,13,15H2,1H3,(H,30,31). The summed E-state index contributed by atoms with van der Waals surface area (Å²) < 4.78 is 19.2. The van der Waals surface area contributed by atoms with Crippen molar-refractivity contribution >= 4 is 23.7 Å². The highest BCUT2D eigenvalue weighted by Crippen LogP contribution is 2.44. The van der Waals surface area contributed by atoms with Crippen LogP contribution in [0, 0.1) is 5.82 Å². The van der Waals surface area contributed by atoms with Gasteiger partial charge in [-0.1, -0.05) is 73.1 Å². The summed E-state index contributed by atoms with van der Waals surface area (Å²) in [5, 5.41) is 9.84. The van der Waals surface area contributed by atoms with Crippen molar-refractivity contribution in [3.8, 4) is 11.1 Å². The number of carboxylic acid groups (broad SMARTS) is 1. The molecule has 0 bridgehead atoms. The third-order valence-electron chi connectivity index (χ3n) is 5.84. The number of nitrogens with zero attached hydrogens (tertiary/aromatic N) is 1. The predicted molar refractivity (Wildman–Crippen MR) is 124 cm³/mol. The molecule has 4 rings (SSSR count). The topological polar surface area (TPSA) is 66.8 Å². The molecule has 0 saturated carbocycles. The van der Waals surface area contributed by atoms with Crippen LogP contribution < -0.4 is 0 Å². The van der Waals surface area contributed by atoms with Crippen molar-refractivity contribution in [3.05, 3.63) is 94.3 Å². The van der Waals surface area contributed by atoms with Crippen LogP contribution in [0.2, 0.25) is 5.02 Å². The lowest BCUT2D eigenvalue weighted by molar-refractivity contribution is -0.143. The average Bonchev–Trinajstić information content (AvgIpc) is 3.12. The second kappa shape index (κ2) is 9.63. The number of carbonyl (C=O) groups is 2. The number of ether oxygens (including phenoxy) is 1. The molecule has 3 aromatic rings. The number of rotatable bonds is 7. The van der Waals surface area contributed by atoms with Crippen molar-refractivity contribution < 1.29 is 23.8 Å². The van der Waals surface area contributed by atoms with Gasteiger partial charge in [0.1, 0.15) is 12.4 Å². The lowest BCUT2D eigenvalue weighted by Gasteiger charge is -2.29. The Hall–Kier alpha value is -3.38. The summed E-state index contributed by atoms with van der Waals surface area (Å²) in [6.07, 6.45) is -0.251. The molecular formula is C26H23ClFNO4. The largest absolute Gasteiger partial charge is 0.479 e. The first-order valence-corrected chi connectivity index (χ1v) is 11.1. The minimum absolute atomic E-state index is 0.0602. The molecule has 1 aliphatic carbocycles. The molecular weight excluding hydrogens is 445 g/mol. The zero-order chi connectivity index (χ0) is 23.5. The van der Waals surface area contributed by atoms with E-state index >= 15 is 0 Å². The summed E-state index contributed by atoms with van der Waals surface area (Å²) >= 11 is 6.13. The maximum Gasteiger partial charge on any atom is 0.410 e. The summed E-state index contributed by atoms with van der Waals surface area (Å²) in [6, 6.07) is 18.0. The molecule has 1 amide bonds. The number of carboxylic acids is 1. The minimum atomic E-state index is -1.39. The minimum Gasteiger partial charge on any atom is -0.479 e. The molecule has 170 valence electrons. The van der Waals surface area contributed by atoms with Crippen LogP contribution in [0.25, 0.3) is 11.1 Å². The quantitative estimate of drug-likeness (QED) is 0.445. The lowest BCUT2D eigenvalue weighted by Crippen LogP contribution is -2.40. The Labute approximate surface area is 196 Å². The fourth-order valence-corrected chi connectivity index (χ4v) is 4.67. The van der Waals surface area contributed by atoms with Crippen LogP contribution in [0.15, 0.2) is 66.7 Å². The number of hydrogen-bond donors (Lipinski definition) is 1. The summed E-state index contributed by atoms with van der Waals surface area (Å²) in [4.78, 5) is 26.4. The van der Waals surface area contributed by atoms with Crippen molar-refractivity contribution in [2.75, 3.05) is 13.2 Å². The Kier molecular flexibility index (Phi) is 6.65. The van der Waals surface area contributed by atoms with Gasteiger partial charge in [-0.25, -0.2) is 14.0 Å². The fraction of sp³-hybridized carbons (Fsp3) is 0.231. The Balaban J connectivity index is 1.60. The summed E-state index contributed by atoms with van der Waals surface area (Å²) in [7, 11) is 0. The van der Waals surface area contributed by atoms with E-state index < -0.39 is 23.9 Å². The van der Waals surface area contributed by atoms with E-state index in [1.54, 1.807) is 0 Å². The van der Waals surface area contributed by atoms with Crippen LogP contribution in [0.1, 0.15) is 42.0 Å². The first-order chi connectivity index (χ1) is 15.9. The molecule has 0 spiro atoms. The van der Waals surface area contributed by atoms with Gasteiger partial charge in [0.2, 0.25) is 0 Å². The van der Waals surface area contributed by atoms with E-state index in [0.717, 1.165) is 39.3 Å². The van der Waals surface area contributed by atoms with E-state index in [1.165, 1.54) is 6.07 Å². The van der Waals surface area contributed by atoms with E-state index in [2.05, 4.69) is 0 Å². The fourth-order valence-electron chi connectivity index (χ4n) is 4.40. The Bertz CT molecular complexity index is 1150. The lowest BCUT2D eigenvalue weighted by atomic mass is 9.98. The van der Waals surface area contributed by atoms with Crippen LogP contribution in [-0.2, 0) is 9.53 Å². The molecule has 1 atom stereocenters. The second-order valence-corrected chi connectivity index (χ2v) is 8.31.